The molecule has 9 amide bonds. The average molecular weight is 1870 g/mol. The number of rotatable bonds is 39. The highest BCUT2D eigenvalue weighted by Gasteiger charge is 2.52. The van der Waals surface area contributed by atoms with E-state index >= 15 is 13.2 Å². The number of hydrogen-bond acceptors (Lipinski definition) is 16. The molecule has 0 aromatic heterocycles. The third kappa shape index (κ3) is 28.4. The number of carbonyl (C=O) groups is 9. The Balaban J connectivity index is 0.000000204. The molecule has 12 rings (SSSR count). The van der Waals surface area contributed by atoms with Gasteiger partial charge in [0, 0.05) is 86.5 Å². The van der Waals surface area contributed by atoms with Crippen molar-refractivity contribution < 1.29 is 78.8 Å². The van der Waals surface area contributed by atoms with Crippen LogP contribution in [0.1, 0.15) is 171 Å². The third-order valence-corrected chi connectivity index (χ3v) is 29.5. The molecule has 6 aliphatic rings. The molecule has 7 N–H and O–H groups in total. The Labute approximate surface area is 778 Å². The Hall–Kier alpha value is -9.36. The van der Waals surface area contributed by atoms with Gasteiger partial charge in [-0.3, -0.25) is 62.1 Å². The van der Waals surface area contributed by atoms with Crippen LogP contribution in [0.5, 0.6) is 0 Å². The van der Waals surface area contributed by atoms with E-state index in [2.05, 4.69) is 98.7 Å². The molecular weight excluding hydrogens is 1740 g/mol. The number of hydrogen-bond donors (Lipinski definition) is 4. The van der Waals surface area contributed by atoms with Crippen molar-refractivity contribution in [2.45, 2.75) is 175 Å². The van der Waals surface area contributed by atoms with E-state index in [1.807, 2.05) is 59.5 Å². The second kappa shape index (κ2) is 48.0. The smallest absolute Gasteiger partial charge is 0.254 e. The predicted octanol–water partition coefficient (Wildman–Crippen LogP) is 15.2. The van der Waals surface area contributed by atoms with Crippen molar-refractivity contribution in [2.24, 2.45) is 74.9 Å². The van der Waals surface area contributed by atoms with E-state index < -0.39 is 75.0 Å². The van der Waals surface area contributed by atoms with E-state index in [1.165, 1.54) is 94.7 Å². The van der Waals surface area contributed by atoms with Gasteiger partial charge in [-0.1, -0.05) is 153 Å². The number of thioether (sulfide) groups is 2. The van der Waals surface area contributed by atoms with E-state index in [9.17, 15) is 65.6 Å². The van der Waals surface area contributed by atoms with Gasteiger partial charge >= 0.3 is 0 Å². The van der Waals surface area contributed by atoms with Gasteiger partial charge in [0.2, 0.25) is 17.7 Å². The fourth-order valence-corrected chi connectivity index (χ4v) is 23.7. The highest BCUT2D eigenvalue weighted by atomic mass is 32.2. The molecule has 6 aromatic rings. The van der Waals surface area contributed by atoms with Gasteiger partial charge in [0.1, 0.15) is 53.1 Å². The first-order chi connectivity index (χ1) is 62.3. The van der Waals surface area contributed by atoms with Gasteiger partial charge in [-0.05, 0) is 266 Å². The molecule has 3 saturated carbocycles. The summed E-state index contributed by atoms with van der Waals surface area (Å²) in [7, 11) is -1.80. The number of nitrogens with two attached hydrogens (primary N) is 3. The van der Waals surface area contributed by atoms with Gasteiger partial charge in [-0.2, -0.15) is 11.8 Å². The van der Waals surface area contributed by atoms with Gasteiger partial charge in [0.25, 0.3) is 35.4 Å². The number of carbonyl (C=O) groups excluding carboxylic acids is 9. The summed E-state index contributed by atoms with van der Waals surface area (Å²) in [5.41, 5.74) is 21.4. The fraction of sp³-hybridized carbons (Fsp3) is 0.500. The second-order valence-electron chi connectivity index (χ2n) is 38.7. The number of benzene rings is 6. The Morgan fingerprint density at radius 2 is 0.802 bits per heavy atom. The highest BCUT2D eigenvalue weighted by molar-refractivity contribution is 8.00. The largest absolute Gasteiger partial charge is 0.387 e. The van der Waals surface area contributed by atoms with Crippen LogP contribution in [0.4, 0.5) is 26.3 Å². The molecule has 3 aliphatic heterocycles. The lowest BCUT2D eigenvalue weighted by Gasteiger charge is -2.46. The maximum Gasteiger partial charge on any atom is 0.254 e. The molecule has 3 heterocycles. The van der Waals surface area contributed by atoms with E-state index in [-0.39, 0.29) is 160 Å². The molecule has 3 fully saturated rings. The SMILES string of the molecule is CC(C)(C)[C@H](C1CC(c2cc(F)ccc2F)CC1Cc1ccccc1)N(CC(CN)CSCN1C(=O)C=CC1=O)C(=O)CO.CC(C)(C)[C@H](C1CC(c2cc(F)ccc2F)CC1Cc1ccccc1)N(CCCN)C(=O)CS(=O)CN1C(=O)C=CC1=O.CC(C)(C)[C@H](C1CC(c2cc(F)ccc2F)CC1Cc1ccccc1)N(CCCN)C(=O)CSCCCN1C(=O)C=CC1=O. The van der Waals surface area contributed by atoms with Crippen molar-refractivity contribution in [3.63, 3.8) is 0 Å². The summed E-state index contributed by atoms with van der Waals surface area (Å²) in [4.78, 5) is 122. The van der Waals surface area contributed by atoms with Crippen molar-refractivity contribution in [1.82, 2.24) is 29.4 Å². The van der Waals surface area contributed by atoms with Crippen LogP contribution in [-0.2, 0) is 73.2 Å². The van der Waals surface area contributed by atoms with Crippen molar-refractivity contribution in [1.29, 1.82) is 0 Å². The minimum Gasteiger partial charge on any atom is -0.387 e. The van der Waals surface area contributed by atoms with Crippen LogP contribution >= 0.6 is 23.5 Å². The number of aliphatic hydroxyl groups is 1. The highest BCUT2D eigenvalue weighted by Crippen LogP contribution is 2.54. The van der Waals surface area contributed by atoms with Crippen LogP contribution in [0, 0.1) is 92.6 Å². The Bertz CT molecular complexity index is 4980. The summed E-state index contributed by atoms with van der Waals surface area (Å²) in [6.07, 6.45) is 15.0. The van der Waals surface area contributed by atoms with E-state index in [0.717, 1.165) is 64.1 Å². The van der Waals surface area contributed by atoms with Gasteiger partial charge in [0.05, 0.1) is 22.4 Å². The van der Waals surface area contributed by atoms with Crippen LogP contribution in [-0.4, -0.2) is 197 Å². The number of imide groups is 3. The summed E-state index contributed by atoms with van der Waals surface area (Å²) >= 11 is 2.89. The molecular formula is C102H129F6N9O11S3. The third-order valence-electron chi connectivity index (χ3n) is 26.2. The lowest BCUT2D eigenvalue weighted by molar-refractivity contribution is -0.142. The molecule has 0 bridgehead atoms. The molecule has 0 saturated heterocycles. The maximum absolute atomic E-state index is 15.0. The van der Waals surface area contributed by atoms with Crippen molar-refractivity contribution in [3.8, 4) is 0 Å². The minimum absolute atomic E-state index is 0.0252. The minimum atomic E-state index is -1.80. The summed E-state index contributed by atoms with van der Waals surface area (Å²) in [5, 5.41) is 10.1. The van der Waals surface area contributed by atoms with Gasteiger partial charge in [-0.15, -0.1) is 11.8 Å². The van der Waals surface area contributed by atoms with Crippen molar-refractivity contribution in [2.75, 3.05) is 87.2 Å². The lowest BCUT2D eigenvalue weighted by Crippen LogP contribution is -2.55. The molecule has 0 spiro atoms. The van der Waals surface area contributed by atoms with Gasteiger partial charge in [-0.25, -0.2) is 26.3 Å². The second-order valence-corrected chi connectivity index (χ2v) is 42.2. The lowest BCUT2D eigenvalue weighted by atomic mass is 9.72. The molecule has 29 heteroatoms. The Morgan fingerprint density at radius 1 is 0.450 bits per heavy atom. The van der Waals surface area contributed by atoms with Gasteiger partial charge < -0.3 is 37.0 Å². The van der Waals surface area contributed by atoms with Crippen LogP contribution in [0.25, 0.3) is 0 Å². The molecule has 6 aromatic carbocycles. The summed E-state index contributed by atoms with van der Waals surface area (Å²) in [5.74, 6) is -5.54. The van der Waals surface area contributed by atoms with Crippen LogP contribution in [0.2, 0.25) is 0 Å². The average Bonchev–Trinajstić information content (AvgIpc) is 1.66. The normalized spacial score (nSPS) is 21.4. The first-order valence-electron chi connectivity index (χ1n) is 45.5. The molecule has 131 heavy (non-hydrogen) atoms. The Kier molecular flexibility index (Phi) is 38.0. The van der Waals surface area contributed by atoms with Crippen LogP contribution in [0.15, 0.2) is 182 Å². The standard InChI is InChI=1S/C35H45F2N3O3S.C34H43F2N3O4S.C33H41F2N3O4S/c1-35(2,3)34(40(16-7-15-38)33(43)23-44-18-8-17-39-31(41)13-14-32(39)42)29-21-26(28-22-27(36)11-12-30(28)37)20-25(29)19-24-9-5-4-6-10-24;1-34(2,3)33(38(32(43)19-40)18-23(17-37)20-44-21-39-30(41)11-12-31(39)42)28-15-25(27-16-26(35)9-10-29(27)36)14-24(28)13-22-7-5-4-6-8-22;1-33(2,3)32(37(15-7-14-36)31(41)20-43(42)21-38-29(39)12-13-30(38)40)27-18-24(26-19-25(34)10-11-28(26)35)17-23(27)16-22-8-5-4-6-9-22/h4-6,9-14,22,25-26,29,34H,7-8,15-21,23,38H2,1-3H3;4-12,16,23-25,28,33,40H,13-15,17-21,37H2,1-3H3;4-6,8-13,19,23-24,27,32H,7,14-18,20-21,36H2,1-3H3/t25?,26?,29?,34-;23?,24?,25?,28?,33-;23?,24?,27?,32-,43?/m000/s1. The first kappa shape index (κ1) is 104. The zero-order chi connectivity index (χ0) is 95.2. The van der Waals surface area contributed by atoms with E-state index in [1.54, 1.807) is 9.80 Å². The molecule has 0 radical (unpaired) electrons. The molecule has 11 unspecified atom stereocenters. The first-order valence-corrected chi connectivity index (χ1v) is 49.3. The van der Waals surface area contributed by atoms with Gasteiger partial charge in [0.15, 0.2) is 0 Å². The summed E-state index contributed by atoms with van der Waals surface area (Å²) in [6.45, 7) is 20.7. The number of aliphatic hydroxyl groups excluding tert-OH is 1. The van der Waals surface area contributed by atoms with E-state index in [4.69, 9.17) is 17.2 Å². The number of amides is 9. The topological polar surface area (TPSA) is 288 Å². The molecule has 20 nitrogen and oxygen atoms in total. The quantitative estimate of drug-likeness (QED) is 0.0158. The fourth-order valence-electron chi connectivity index (χ4n) is 20.7. The van der Waals surface area contributed by atoms with Crippen molar-refractivity contribution in [3.05, 3.63) is 250 Å². The van der Waals surface area contributed by atoms with Crippen molar-refractivity contribution >= 4 is 87.5 Å². The van der Waals surface area contributed by atoms with Crippen LogP contribution in [0.3, 0.4) is 0 Å². The van der Waals surface area contributed by atoms with E-state index in [0.29, 0.717) is 125 Å². The predicted molar refractivity (Wildman–Crippen MR) is 503 cm³/mol. The summed E-state index contributed by atoms with van der Waals surface area (Å²) in [6, 6.07) is 40.4. The zero-order valence-corrected chi connectivity index (χ0v) is 79.1. The molecule has 708 valence electrons. The summed E-state index contributed by atoms with van der Waals surface area (Å²) < 4.78 is 101. The number of halogens is 6. The Morgan fingerprint density at radius 3 is 1.15 bits per heavy atom. The monoisotopic (exact) mass is 1870 g/mol. The number of nitrogens with zero attached hydrogens (tertiary/aromatic N) is 6. The van der Waals surface area contributed by atoms with Crippen LogP contribution < -0.4 is 17.2 Å². The maximum atomic E-state index is 15.0. The molecule has 3 aliphatic carbocycles. The molecule has 14 atom stereocenters. The zero-order valence-electron chi connectivity index (χ0n) is 76.6.